The first-order chi connectivity index (χ1) is 13.5. The van der Waals surface area contributed by atoms with Crippen LogP contribution in [0.4, 0.5) is 22.0 Å². The third-order valence-electron chi connectivity index (χ3n) is 4.84. The Bertz CT molecular complexity index is 1060. The van der Waals surface area contributed by atoms with Crippen molar-refractivity contribution in [2.45, 2.75) is 12.8 Å². The first-order valence-electron chi connectivity index (χ1n) is 8.63. The summed E-state index contributed by atoms with van der Waals surface area (Å²) in [6.07, 6.45) is 8.95. The molecule has 0 saturated heterocycles. The van der Waals surface area contributed by atoms with E-state index in [0.29, 0.717) is 0 Å². The summed E-state index contributed by atoms with van der Waals surface area (Å²) < 4.78 is 67.9. The van der Waals surface area contributed by atoms with Crippen molar-refractivity contribution < 1.29 is 22.0 Å². The van der Waals surface area contributed by atoms with Gasteiger partial charge >= 0.3 is 0 Å². The summed E-state index contributed by atoms with van der Waals surface area (Å²) in [6.45, 7) is 0. The maximum Gasteiger partial charge on any atom is 0.200 e. The smallest absolute Gasteiger partial charge is 0.200 e. The number of hydrogen-bond donors (Lipinski definition) is 1. The molecule has 2 aromatic carbocycles. The normalized spacial score (nSPS) is 17.5. The third-order valence-corrected chi connectivity index (χ3v) is 4.84. The lowest BCUT2D eigenvalue weighted by Gasteiger charge is -2.19. The summed E-state index contributed by atoms with van der Waals surface area (Å²) in [6, 6.07) is 7.73. The van der Waals surface area contributed by atoms with Crippen LogP contribution in [0.5, 0.6) is 0 Å². The van der Waals surface area contributed by atoms with E-state index in [1.165, 1.54) is 0 Å². The van der Waals surface area contributed by atoms with Gasteiger partial charge in [0, 0.05) is 22.9 Å². The van der Waals surface area contributed by atoms with Crippen LogP contribution in [0.1, 0.15) is 23.1 Å². The average Bonchev–Trinajstić information content (AvgIpc) is 3.18. The minimum absolute atomic E-state index is 0.123. The lowest BCUT2D eigenvalue weighted by atomic mass is 9.93. The quantitative estimate of drug-likeness (QED) is 0.399. The molecule has 142 valence electrons. The standard InChI is InChI=1S/C22H14F5N/c23-17-16(18(24)20(26)21(27)19(17)25)9-8-12-5-3-7-15(12)22-14-6-2-1-4-13(14)10-11-28-22/h1-7,10-11,28H,8-9H2/b22-15+. The molecule has 4 rings (SSSR count). The van der Waals surface area contributed by atoms with Gasteiger partial charge in [-0.2, -0.15) is 0 Å². The second-order valence-corrected chi connectivity index (χ2v) is 6.45. The van der Waals surface area contributed by atoms with Crippen LogP contribution in [0.25, 0.3) is 11.8 Å². The second-order valence-electron chi connectivity index (χ2n) is 6.45. The van der Waals surface area contributed by atoms with Gasteiger partial charge in [-0.05, 0) is 30.1 Å². The van der Waals surface area contributed by atoms with Crippen molar-refractivity contribution in [2.75, 3.05) is 0 Å². The molecule has 28 heavy (non-hydrogen) atoms. The zero-order valence-electron chi connectivity index (χ0n) is 14.5. The van der Waals surface area contributed by atoms with Crippen molar-refractivity contribution in [1.82, 2.24) is 5.32 Å². The third kappa shape index (κ3) is 2.95. The van der Waals surface area contributed by atoms with Gasteiger partial charge in [0.1, 0.15) is 0 Å². The minimum atomic E-state index is -2.14. The zero-order valence-corrected chi connectivity index (χ0v) is 14.5. The molecule has 1 N–H and O–H groups in total. The molecule has 0 unspecified atom stereocenters. The second kappa shape index (κ2) is 7.11. The molecule has 6 heteroatoms. The van der Waals surface area contributed by atoms with Gasteiger partial charge in [0.05, 0.1) is 5.70 Å². The van der Waals surface area contributed by atoms with Crippen molar-refractivity contribution in [3.05, 3.63) is 106 Å². The molecule has 0 aromatic heterocycles. The van der Waals surface area contributed by atoms with Gasteiger partial charge in [0.15, 0.2) is 23.3 Å². The molecular weight excluding hydrogens is 373 g/mol. The van der Waals surface area contributed by atoms with Crippen molar-refractivity contribution in [2.24, 2.45) is 0 Å². The van der Waals surface area contributed by atoms with Crippen molar-refractivity contribution >= 4 is 11.8 Å². The molecule has 0 radical (unpaired) electrons. The molecule has 1 nitrogen and oxygen atoms in total. The highest BCUT2D eigenvalue weighted by Crippen LogP contribution is 2.34. The zero-order chi connectivity index (χ0) is 19.8. The van der Waals surface area contributed by atoms with Crippen LogP contribution in [0.2, 0.25) is 0 Å². The predicted molar refractivity (Wildman–Crippen MR) is 97.3 cm³/mol. The number of fused-ring (bicyclic) bond motifs is 1. The number of allylic oxidation sites excluding steroid dienone is 5. The fourth-order valence-corrected chi connectivity index (χ4v) is 3.43. The first-order valence-corrected chi connectivity index (χ1v) is 8.63. The van der Waals surface area contributed by atoms with Gasteiger partial charge in [-0.15, -0.1) is 0 Å². The van der Waals surface area contributed by atoms with Gasteiger partial charge in [-0.3, -0.25) is 0 Å². The molecule has 0 saturated carbocycles. The summed E-state index contributed by atoms with van der Waals surface area (Å²) in [5, 5.41) is 3.18. The van der Waals surface area contributed by atoms with Crippen molar-refractivity contribution in [1.29, 1.82) is 0 Å². The SMILES string of the molecule is Fc1c(F)c(F)c(CCC2=CC=C/C2=C2\NC=Cc3ccccc32)c(F)c1F. The number of halogens is 5. The van der Waals surface area contributed by atoms with E-state index in [1.807, 2.05) is 36.4 Å². The molecule has 0 fully saturated rings. The molecule has 1 heterocycles. The van der Waals surface area contributed by atoms with E-state index < -0.39 is 34.6 Å². The van der Waals surface area contributed by atoms with Crippen LogP contribution in [0, 0.1) is 29.1 Å². The molecule has 1 aliphatic carbocycles. The van der Waals surface area contributed by atoms with Crippen LogP contribution in [0.3, 0.4) is 0 Å². The molecule has 0 spiro atoms. The van der Waals surface area contributed by atoms with E-state index in [9.17, 15) is 22.0 Å². The Balaban J connectivity index is 1.66. The Morgan fingerprint density at radius 3 is 2.18 bits per heavy atom. The highest BCUT2D eigenvalue weighted by Gasteiger charge is 2.26. The van der Waals surface area contributed by atoms with Crippen LogP contribution in [-0.4, -0.2) is 0 Å². The van der Waals surface area contributed by atoms with E-state index >= 15 is 0 Å². The fourth-order valence-electron chi connectivity index (χ4n) is 3.43. The Morgan fingerprint density at radius 2 is 1.43 bits per heavy atom. The lowest BCUT2D eigenvalue weighted by Crippen LogP contribution is -2.12. The monoisotopic (exact) mass is 387 g/mol. The topological polar surface area (TPSA) is 12.0 Å². The van der Waals surface area contributed by atoms with Crippen molar-refractivity contribution in [3.8, 4) is 0 Å². The molecule has 1 aliphatic heterocycles. The maximum absolute atomic E-state index is 13.9. The average molecular weight is 387 g/mol. The number of benzene rings is 2. The first kappa shape index (κ1) is 18.2. The van der Waals surface area contributed by atoms with Crippen LogP contribution >= 0.6 is 0 Å². The summed E-state index contributed by atoms with van der Waals surface area (Å²) >= 11 is 0. The van der Waals surface area contributed by atoms with Crippen LogP contribution < -0.4 is 5.32 Å². The molecule has 0 amide bonds. The largest absolute Gasteiger partial charge is 0.361 e. The maximum atomic E-state index is 13.9. The van der Waals surface area contributed by atoms with Gasteiger partial charge in [-0.25, -0.2) is 22.0 Å². The molecule has 2 aromatic rings. The Kier molecular flexibility index (Phi) is 4.63. The van der Waals surface area contributed by atoms with Crippen LogP contribution in [-0.2, 0) is 6.42 Å². The minimum Gasteiger partial charge on any atom is -0.361 e. The van der Waals surface area contributed by atoms with Gasteiger partial charge < -0.3 is 5.32 Å². The fraction of sp³-hybridized carbons (Fsp3) is 0.0909. The number of rotatable bonds is 3. The van der Waals surface area contributed by atoms with E-state index in [2.05, 4.69) is 5.32 Å². The van der Waals surface area contributed by atoms with Crippen LogP contribution in [0.15, 0.2) is 59.8 Å². The predicted octanol–water partition coefficient (Wildman–Crippen LogP) is 5.80. The van der Waals surface area contributed by atoms with E-state index in [0.717, 1.165) is 28.0 Å². The Morgan fingerprint density at radius 1 is 0.750 bits per heavy atom. The highest BCUT2D eigenvalue weighted by molar-refractivity contribution is 5.83. The molecule has 2 aliphatic rings. The van der Waals surface area contributed by atoms with E-state index in [4.69, 9.17) is 0 Å². The highest BCUT2D eigenvalue weighted by atomic mass is 19.2. The van der Waals surface area contributed by atoms with E-state index in [1.54, 1.807) is 18.4 Å². The van der Waals surface area contributed by atoms with Gasteiger partial charge in [-0.1, -0.05) is 42.5 Å². The number of nitrogens with one attached hydrogen (secondary N) is 1. The Labute approximate surface area is 158 Å². The molecule has 0 atom stereocenters. The molecule has 0 bridgehead atoms. The molecular formula is C22H14F5N. The summed E-state index contributed by atoms with van der Waals surface area (Å²) in [5.41, 5.74) is 3.58. The van der Waals surface area contributed by atoms with Gasteiger partial charge in [0.25, 0.3) is 0 Å². The van der Waals surface area contributed by atoms with Gasteiger partial charge in [0.2, 0.25) is 5.82 Å². The lowest BCUT2D eigenvalue weighted by molar-refractivity contribution is 0.370. The van der Waals surface area contributed by atoms with E-state index in [-0.39, 0.29) is 12.8 Å². The number of hydrogen-bond acceptors (Lipinski definition) is 1. The summed E-state index contributed by atoms with van der Waals surface area (Å²) in [5.74, 6) is -9.53. The summed E-state index contributed by atoms with van der Waals surface area (Å²) in [7, 11) is 0. The van der Waals surface area contributed by atoms with Crippen molar-refractivity contribution in [3.63, 3.8) is 0 Å². The Hall–Kier alpha value is -3.15. The summed E-state index contributed by atoms with van der Waals surface area (Å²) in [4.78, 5) is 0.